The van der Waals surface area contributed by atoms with Crippen molar-refractivity contribution in [1.82, 2.24) is 0 Å². The van der Waals surface area contributed by atoms with Crippen molar-refractivity contribution in [2.24, 2.45) is 11.5 Å². The van der Waals surface area contributed by atoms with Crippen LogP contribution in [0.15, 0.2) is 12.7 Å². The van der Waals surface area contributed by atoms with Crippen LogP contribution in [-0.4, -0.2) is 49.8 Å². The van der Waals surface area contributed by atoms with E-state index in [0.29, 0.717) is 6.42 Å². The van der Waals surface area contributed by atoms with Gasteiger partial charge in [0.1, 0.15) is 11.1 Å². The van der Waals surface area contributed by atoms with Crippen molar-refractivity contribution in [2.75, 3.05) is 0 Å². The van der Waals surface area contributed by atoms with Gasteiger partial charge in [0.05, 0.1) is 6.42 Å². The van der Waals surface area contributed by atoms with Crippen LogP contribution in [0.3, 0.4) is 0 Å². The third-order valence-electron chi connectivity index (χ3n) is 2.06. The first kappa shape index (κ1) is 23.1. The summed E-state index contributed by atoms with van der Waals surface area (Å²) in [6.07, 6.45) is 1.22. The number of carbonyl (C=O) groups is 3. The number of hydrogen-bond donors (Lipinski definition) is 5. The largest absolute Gasteiger partial charge is 0.481 e. The minimum Gasteiger partial charge on any atom is -0.481 e. The summed E-state index contributed by atoms with van der Waals surface area (Å²) in [6, 6.07) is 0. The van der Waals surface area contributed by atoms with Crippen molar-refractivity contribution in [1.29, 1.82) is 0 Å². The zero-order valence-electron chi connectivity index (χ0n) is 11.4. The van der Waals surface area contributed by atoms with Crippen LogP contribution < -0.4 is 11.5 Å². The van der Waals surface area contributed by atoms with Crippen LogP contribution in [0.2, 0.25) is 0 Å². The van der Waals surface area contributed by atoms with E-state index in [1.807, 2.05) is 0 Å². The number of aliphatic carboxylic acids is 3. The Labute approximate surface area is 116 Å². The second kappa shape index (κ2) is 9.02. The molecule has 0 aliphatic rings. The molecule has 20 heavy (non-hydrogen) atoms. The van der Waals surface area contributed by atoms with Gasteiger partial charge in [0.25, 0.3) is 0 Å². The third-order valence-corrected chi connectivity index (χ3v) is 2.06. The normalized spacial score (nSPS) is 15.2. The Bertz CT molecular complexity index is 364. The van der Waals surface area contributed by atoms with Gasteiger partial charge in [-0.25, -0.2) is 0 Å². The highest BCUT2D eigenvalue weighted by Gasteiger charge is 2.30. The van der Waals surface area contributed by atoms with Crippen molar-refractivity contribution in [3.63, 3.8) is 0 Å². The van der Waals surface area contributed by atoms with Gasteiger partial charge in [0.2, 0.25) is 0 Å². The maximum Gasteiger partial charge on any atom is 0.323 e. The molecule has 2 atom stereocenters. The average Bonchev–Trinajstić information content (AvgIpc) is 2.15. The predicted molar refractivity (Wildman–Crippen MR) is 71.1 cm³/mol. The van der Waals surface area contributed by atoms with Crippen molar-refractivity contribution in [3.05, 3.63) is 12.7 Å². The van der Waals surface area contributed by atoms with Gasteiger partial charge in [-0.3, -0.25) is 14.4 Å². The van der Waals surface area contributed by atoms with E-state index < -0.39 is 35.4 Å². The van der Waals surface area contributed by atoms with Gasteiger partial charge in [-0.1, -0.05) is 6.08 Å². The van der Waals surface area contributed by atoms with Crippen molar-refractivity contribution in [2.45, 2.75) is 37.8 Å². The van der Waals surface area contributed by atoms with E-state index in [4.69, 9.17) is 26.8 Å². The molecule has 0 radical (unpaired) electrons. The summed E-state index contributed by atoms with van der Waals surface area (Å²) >= 11 is 0. The minimum atomic E-state index is -1.66. The average molecular weight is 294 g/mol. The van der Waals surface area contributed by atoms with Gasteiger partial charge in [-0.2, -0.15) is 0 Å². The Kier molecular flexibility index (Phi) is 10.4. The molecule has 0 saturated carbocycles. The van der Waals surface area contributed by atoms with Gasteiger partial charge in [-0.15, -0.1) is 6.58 Å². The second-order valence-electron chi connectivity index (χ2n) is 4.51. The molecule has 0 aliphatic carbocycles. The monoisotopic (exact) mass is 294 g/mol. The Hall–Kier alpha value is -1.97. The summed E-state index contributed by atoms with van der Waals surface area (Å²) < 4.78 is 0. The smallest absolute Gasteiger partial charge is 0.323 e. The van der Waals surface area contributed by atoms with Gasteiger partial charge >= 0.3 is 17.9 Å². The summed E-state index contributed by atoms with van der Waals surface area (Å²) in [6.45, 7) is 6.00. The maximum absolute atomic E-state index is 10.2. The summed E-state index contributed by atoms with van der Waals surface area (Å²) in [4.78, 5) is 30.4. The van der Waals surface area contributed by atoms with E-state index in [1.165, 1.54) is 13.0 Å². The van der Waals surface area contributed by atoms with Gasteiger partial charge < -0.3 is 32.3 Å². The lowest BCUT2D eigenvalue weighted by atomic mass is 10.0. The lowest BCUT2D eigenvalue weighted by molar-refractivity contribution is -0.149. The molecule has 0 unspecified atom stereocenters. The van der Waals surface area contributed by atoms with Crippen molar-refractivity contribution < 1.29 is 35.2 Å². The summed E-state index contributed by atoms with van der Waals surface area (Å²) in [5.41, 5.74) is 7.57. The summed E-state index contributed by atoms with van der Waals surface area (Å²) in [5, 5.41) is 24.9. The minimum absolute atomic E-state index is 0. The fourth-order valence-corrected chi connectivity index (χ4v) is 0.777. The Balaban J connectivity index is -0.000000277. The van der Waals surface area contributed by atoms with E-state index in [0.717, 1.165) is 6.92 Å². The zero-order valence-corrected chi connectivity index (χ0v) is 11.4. The number of carboxylic acids is 3. The Morgan fingerprint density at radius 2 is 1.40 bits per heavy atom. The van der Waals surface area contributed by atoms with E-state index in [9.17, 15) is 14.4 Å². The molecule has 0 aliphatic heterocycles. The molecule has 0 rings (SSSR count). The standard InChI is InChI=1S/C6H11NO2.C5H9NO4.H2O/c1-3-4-6(2,7)5(8)9;1-5(6,4(9)10)2-3(7)8;/h3H,1,4,7H2,2H3,(H,8,9);2,6H2,1H3,(H,7,8)(H,9,10);1H2/t6-;5-;/m01./s1. The van der Waals surface area contributed by atoms with Crippen molar-refractivity contribution >= 4 is 17.9 Å². The molecule has 0 saturated heterocycles. The Morgan fingerprint density at radius 3 is 1.50 bits per heavy atom. The van der Waals surface area contributed by atoms with Gasteiger partial charge in [0.15, 0.2) is 0 Å². The first-order valence-electron chi connectivity index (χ1n) is 5.24. The SMILES string of the molecule is C=CC[C@](C)(N)C(=O)O.C[C@@](N)(CC(=O)O)C(=O)O.O. The lowest BCUT2D eigenvalue weighted by Crippen LogP contribution is -2.46. The lowest BCUT2D eigenvalue weighted by Gasteiger charge is -2.15. The molecule has 0 fully saturated rings. The van der Waals surface area contributed by atoms with Crippen LogP contribution in [0.25, 0.3) is 0 Å². The molecular weight excluding hydrogens is 272 g/mol. The van der Waals surface area contributed by atoms with Crippen LogP contribution >= 0.6 is 0 Å². The van der Waals surface area contributed by atoms with E-state index in [-0.39, 0.29) is 5.48 Å². The maximum atomic E-state index is 10.2. The molecule has 0 amide bonds. The zero-order chi connectivity index (χ0) is 15.9. The van der Waals surface area contributed by atoms with Crippen LogP contribution in [0.4, 0.5) is 0 Å². The van der Waals surface area contributed by atoms with E-state index >= 15 is 0 Å². The third kappa shape index (κ3) is 10.00. The number of carboxylic acid groups (broad SMARTS) is 3. The fourth-order valence-electron chi connectivity index (χ4n) is 0.777. The first-order valence-corrected chi connectivity index (χ1v) is 5.24. The molecule has 9 nitrogen and oxygen atoms in total. The topological polar surface area (TPSA) is 195 Å². The molecule has 0 bridgehead atoms. The number of hydrogen-bond acceptors (Lipinski definition) is 5. The predicted octanol–water partition coefficient (Wildman–Crippen LogP) is -1.20. The second-order valence-corrected chi connectivity index (χ2v) is 4.51. The van der Waals surface area contributed by atoms with Crippen LogP contribution in [0.1, 0.15) is 26.7 Å². The first-order chi connectivity index (χ1) is 8.36. The molecule has 9 heteroatoms. The number of nitrogens with two attached hydrogens (primary N) is 2. The Morgan fingerprint density at radius 1 is 1.05 bits per heavy atom. The van der Waals surface area contributed by atoms with Crippen molar-refractivity contribution in [3.8, 4) is 0 Å². The molecular formula is C11H22N2O7. The quantitative estimate of drug-likeness (QED) is 0.376. The summed E-state index contributed by atoms with van der Waals surface area (Å²) in [5.74, 6) is -3.52. The summed E-state index contributed by atoms with van der Waals surface area (Å²) in [7, 11) is 0. The van der Waals surface area contributed by atoms with Gasteiger partial charge in [-0.05, 0) is 20.3 Å². The fraction of sp³-hybridized carbons (Fsp3) is 0.545. The highest BCUT2D eigenvalue weighted by molar-refractivity contribution is 5.84. The van der Waals surface area contributed by atoms with Gasteiger partial charge in [0, 0.05) is 0 Å². The molecule has 118 valence electrons. The van der Waals surface area contributed by atoms with Crippen LogP contribution in [0, 0.1) is 0 Å². The van der Waals surface area contributed by atoms with E-state index in [2.05, 4.69) is 6.58 Å². The molecule has 9 N–H and O–H groups in total. The number of rotatable bonds is 6. The van der Waals surface area contributed by atoms with Crippen LogP contribution in [0.5, 0.6) is 0 Å². The van der Waals surface area contributed by atoms with Crippen LogP contribution in [-0.2, 0) is 14.4 Å². The molecule has 0 heterocycles. The molecule has 0 aromatic heterocycles. The molecule has 0 spiro atoms. The highest BCUT2D eigenvalue weighted by atomic mass is 16.4. The molecule has 0 aromatic carbocycles. The molecule has 0 aromatic rings. The highest BCUT2D eigenvalue weighted by Crippen LogP contribution is 2.05. The van der Waals surface area contributed by atoms with E-state index in [1.54, 1.807) is 0 Å².